The molecule has 1 fully saturated rings. The molecule has 5 nitrogen and oxygen atoms in total. The minimum Gasteiger partial charge on any atom is -0.338 e. The Morgan fingerprint density at radius 3 is 2.89 bits per heavy atom. The maximum Gasteiger partial charge on any atom is 0.276 e. The van der Waals surface area contributed by atoms with Gasteiger partial charge in [0, 0.05) is 12.7 Å². The second-order valence-corrected chi connectivity index (χ2v) is 5.60. The number of pyridine rings is 1. The molecule has 1 saturated heterocycles. The first-order valence-corrected chi connectivity index (χ1v) is 6.88. The Morgan fingerprint density at radius 1 is 1.42 bits per heavy atom. The number of hydrogen-bond donors (Lipinski definition) is 1. The number of aryl methyl sites for hydroxylation is 1. The summed E-state index contributed by atoms with van der Waals surface area (Å²) >= 11 is 0. The zero-order valence-corrected chi connectivity index (χ0v) is 11.5. The molecule has 3 heterocycles. The van der Waals surface area contributed by atoms with E-state index in [2.05, 4.69) is 21.9 Å². The predicted octanol–water partition coefficient (Wildman–Crippen LogP) is 1.37. The van der Waals surface area contributed by atoms with Crippen LogP contribution in [0.3, 0.4) is 0 Å². The van der Waals surface area contributed by atoms with E-state index in [1.54, 1.807) is 0 Å². The van der Waals surface area contributed by atoms with Crippen LogP contribution in [0.5, 0.6) is 0 Å². The summed E-state index contributed by atoms with van der Waals surface area (Å²) in [4.78, 5) is 22.1. The van der Waals surface area contributed by atoms with Crippen molar-refractivity contribution in [1.29, 1.82) is 0 Å². The molecule has 0 atom stereocenters. The van der Waals surface area contributed by atoms with Crippen LogP contribution in [0.25, 0.3) is 11.0 Å². The average Bonchev–Trinajstić information content (AvgIpc) is 2.77. The van der Waals surface area contributed by atoms with Crippen LogP contribution >= 0.6 is 0 Å². The molecule has 1 aliphatic heterocycles. The molecule has 0 amide bonds. The zero-order chi connectivity index (χ0) is 13.4. The Balaban J connectivity index is 1.85. The molecule has 0 saturated carbocycles. The number of imidazole rings is 1. The summed E-state index contributed by atoms with van der Waals surface area (Å²) in [6.45, 7) is 4.96. The highest BCUT2D eigenvalue weighted by atomic mass is 16.1. The van der Waals surface area contributed by atoms with Crippen molar-refractivity contribution in [3.63, 3.8) is 0 Å². The first-order chi connectivity index (χ1) is 9.13. The van der Waals surface area contributed by atoms with Gasteiger partial charge in [0.15, 0.2) is 0 Å². The number of rotatable bonds is 2. The summed E-state index contributed by atoms with van der Waals surface area (Å²) in [5, 5.41) is 0. The first-order valence-electron chi connectivity index (χ1n) is 6.88. The lowest BCUT2D eigenvalue weighted by atomic mass is 9.97. The van der Waals surface area contributed by atoms with Crippen LogP contribution in [0.1, 0.15) is 18.7 Å². The Kier molecular flexibility index (Phi) is 3.14. The molecule has 2 aromatic heterocycles. The van der Waals surface area contributed by atoms with Gasteiger partial charge in [0.05, 0.1) is 5.52 Å². The number of aromatic nitrogens is 3. The van der Waals surface area contributed by atoms with E-state index in [9.17, 15) is 4.79 Å². The van der Waals surface area contributed by atoms with Gasteiger partial charge in [0.1, 0.15) is 11.3 Å². The van der Waals surface area contributed by atoms with Crippen LogP contribution in [0, 0.1) is 12.8 Å². The highest BCUT2D eigenvalue weighted by molar-refractivity contribution is 5.73. The lowest BCUT2D eigenvalue weighted by molar-refractivity contribution is 0.204. The molecule has 19 heavy (non-hydrogen) atoms. The van der Waals surface area contributed by atoms with E-state index in [0.717, 1.165) is 31.0 Å². The van der Waals surface area contributed by atoms with Crippen LogP contribution in [-0.4, -0.2) is 39.6 Å². The summed E-state index contributed by atoms with van der Waals surface area (Å²) in [6.07, 6.45) is 4.22. The van der Waals surface area contributed by atoms with E-state index >= 15 is 0 Å². The van der Waals surface area contributed by atoms with Gasteiger partial charge in [-0.05, 0) is 51.9 Å². The molecule has 5 heteroatoms. The van der Waals surface area contributed by atoms with E-state index in [0.29, 0.717) is 11.4 Å². The minimum absolute atomic E-state index is 0.0528. The molecule has 1 aliphatic rings. The fourth-order valence-electron chi connectivity index (χ4n) is 2.83. The Labute approximate surface area is 112 Å². The molecule has 102 valence electrons. The summed E-state index contributed by atoms with van der Waals surface area (Å²) in [5.41, 5.74) is 1.45. The highest BCUT2D eigenvalue weighted by Crippen LogP contribution is 2.17. The molecule has 0 unspecified atom stereocenters. The van der Waals surface area contributed by atoms with Crippen molar-refractivity contribution < 1.29 is 0 Å². The fraction of sp³-hybridized carbons (Fsp3) is 0.571. The van der Waals surface area contributed by atoms with Crippen molar-refractivity contribution >= 4 is 11.0 Å². The van der Waals surface area contributed by atoms with Gasteiger partial charge in [-0.1, -0.05) is 0 Å². The van der Waals surface area contributed by atoms with Crippen molar-refractivity contribution in [2.45, 2.75) is 26.3 Å². The smallest absolute Gasteiger partial charge is 0.276 e. The van der Waals surface area contributed by atoms with E-state index in [1.165, 1.54) is 12.8 Å². The standard InChI is InChI=1S/C14H20N4O/c1-10-15-12-5-8-18(14(19)13(12)16-10)9-11-3-6-17(2)7-4-11/h5,8,11H,3-4,6-7,9H2,1-2H3,(H,15,16). The minimum atomic E-state index is 0.0528. The molecule has 0 aromatic carbocycles. The van der Waals surface area contributed by atoms with Gasteiger partial charge >= 0.3 is 0 Å². The lowest BCUT2D eigenvalue weighted by Gasteiger charge is -2.29. The number of fused-ring (bicyclic) bond motifs is 1. The SMILES string of the molecule is Cc1nc2ccn(CC3CCN(C)CC3)c(=O)c2[nH]1. The number of piperidine rings is 1. The zero-order valence-electron chi connectivity index (χ0n) is 11.5. The summed E-state index contributed by atoms with van der Waals surface area (Å²) in [5.74, 6) is 1.40. The van der Waals surface area contributed by atoms with Gasteiger partial charge in [-0.25, -0.2) is 4.98 Å². The normalized spacial score (nSPS) is 18.2. The fourth-order valence-corrected chi connectivity index (χ4v) is 2.83. The molecule has 0 radical (unpaired) electrons. The lowest BCUT2D eigenvalue weighted by Crippen LogP contribution is -2.33. The van der Waals surface area contributed by atoms with Crippen LogP contribution in [0.15, 0.2) is 17.1 Å². The third-order valence-corrected chi connectivity index (χ3v) is 4.03. The van der Waals surface area contributed by atoms with E-state index < -0.39 is 0 Å². The van der Waals surface area contributed by atoms with Gasteiger partial charge in [-0.3, -0.25) is 4.79 Å². The second kappa shape index (κ2) is 4.81. The Bertz CT molecular complexity index is 634. The van der Waals surface area contributed by atoms with Gasteiger partial charge < -0.3 is 14.5 Å². The molecular weight excluding hydrogens is 240 g/mol. The van der Waals surface area contributed by atoms with Crippen LogP contribution in [0.4, 0.5) is 0 Å². The molecule has 2 aromatic rings. The largest absolute Gasteiger partial charge is 0.338 e. The molecule has 0 bridgehead atoms. The molecule has 0 spiro atoms. The molecule has 3 rings (SSSR count). The second-order valence-electron chi connectivity index (χ2n) is 5.60. The number of likely N-dealkylation sites (tertiary alicyclic amines) is 1. The van der Waals surface area contributed by atoms with Crippen LogP contribution < -0.4 is 5.56 Å². The molecule has 1 N–H and O–H groups in total. The Morgan fingerprint density at radius 2 is 2.16 bits per heavy atom. The van der Waals surface area contributed by atoms with Crippen molar-refractivity contribution in [1.82, 2.24) is 19.4 Å². The number of nitrogens with one attached hydrogen (secondary N) is 1. The quantitative estimate of drug-likeness (QED) is 0.887. The van der Waals surface area contributed by atoms with Crippen molar-refractivity contribution in [2.24, 2.45) is 5.92 Å². The van der Waals surface area contributed by atoms with Crippen LogP contribution in [0.2, 0.25) is 0 Å². The molecular formula is C14H20N4O. The number of hydrogen-bond acceptors (Lipinski definition) is 3. The monoisotopic (exact) mass is 260 g/mol. The summed E-state index contributed by atoms with van der Waals surface area (Å²) in [7, 11) is 2.15. The van der Waals surface area contributed by atoms with E-state index in [4.69, 9.17) is 0 Å². The third-order valence-electron chi connectivity index (χ3n) is 4.03. The predicted molar refractivity (Wildman–Crippen MR) is 75.3 cm³/mol. The maximum absolute atomic E-state index is 12.4. The van der Waals surface area contributed by atoms with Crippen LogP contribution in [-0.2, 0) is 6.54 Å². The third kappa shape index (κ3) is 2.42. The van der Waals surface area contributed by atoms with Crippen molar-refractivity contribution in [3.8, 4) is 0 Å². The maximum atomic E-state index is 12.4. The average molecular weight is 260 g/mol. The Hall–Kier alpha value is -1.62. The van der Waals surface area contributed by atoms with Gasteiger partial charge in [-0.2, -0.15) is 0 Å². The summed E-state index contributed by atoms with van der Waals surface area (Å²) < 4.78 is 1.83. The summed E-state index contributed by atoms with van der Waals surface area (Å²) in [6, 6.07) is 1.93. The number of aromatic amines is 1. The number of nitrogens with zero attached hydrogens (tertiary/aromatic N) is 3. The van der Waals surface area contributed by atoms with Crippen molar-refractivity contribution in [3.05, 3.63) is 28.4 Å². The highest BCUT2D eigenvalue weighted by Gasteiger charge is 2.18. The van der Waals surface area contributed by atoms with E-state index in [-0.39, 0.29) is 5.56 Å². The van der Waals surface area contributed by atoms with E-state index in [1.807, 2.05) is 23.8 Å². The van der Waals surface area contributed by atoms with Gasteiger partial charge in [0.25, 0.3) is 5.56 Å². The first kappa shape index (κ1) is 12.4. The molecule has 0 aliphatic carbocycles. The van der Waals surface area contributed by atoms with Crippen molar-refractivity contribution in [2.75, 3.05) is 20.1 Å². The number of H-pyrrole nitrogens is 1. The van der Waals surface area contributed by atoms with Gasteiger partial charge in [-0.15, -0.1) is 0 Å². The topological polar surface area (TPSA) is 53.9 Å². The van der Waals surface area contributed by atoms with Gasteiger partial charge in [0.2, 0.25) is 0 Å².